The van der Waals surface area contributed by atoms with Gasteiger partial charge in [0.25, 0.3) is 0 Å². The summed E-state index contributed by atoms with van der Waals surface area (Å²) in [6.45, 7) is 4.30. The second kappa shape index (κ2) is 6.40. The Hall–Kier alpha value is -1.55. The van der Waals surface area contributed by atoms with Crippen molar-refractivity contribution >= 4 is 5.78 Å². The lowest BCUT2D eigenvalue weighted by Gasteiger charge is -2.14. The summed E-state index contributed by atoms with van der Waals surface area (Å²) >= 11 is 0. The van der Waals surface area contributed by atoms with E-state index in [1.807, 2.05) is 19.9 Å². The number of rotatable bonds is 6. The lowest BCUT2D eigenvalue weighted by atomic mass is 9.93. The Morgan fingerprint density at radius 2 is 1.83 bits per heavy atom. The van der Waals surface area contributed by atoms with Crippen molar-refractivity contribution in [3.63, 3.8) is 0 Å². The SMILES string of the molecule is COc1cc(C)c(C(=O)C(C)CCN)cc1OC. The molecule has 0 bridgehead atoms. The summed E-state index contributed by atoms with van der Waals surface area (Å²) < 4.78 is 10.4. The van der Waals surface area contributed by atoms with E-state index in [0.29, 0.717) is 30.0 Å². The second-order valence-corrected chi connectivity index (χ2v) is 4.36. The number of aryl methyl sites for hydroxylation is 1. The van der Waals surface area contributed by atoms with Gasteiger partial charge in [-0.15, -0.1) is 0 Å². The minimum Gasteiger partial charge on any atom is -0.493 e. The van der Waals surface area contributed by atoms with Crippen molar-refractivity contribution in [1.29, 1.82) is 0 Å². The lowest BCUT2D eigenvalue weighted by Crippen LogP contribution is -2.16. The first-order valence-corrected chi connectivity index (χ1v) is 6.02. The highest BCUT2D eigenvalue weighted by Gasteiger charge is 2.19. The summed E-state index contributed by atoms with van der Waals surface area (Å²) in [7, 11) is 3.14. The number of carbonyl (C=O) groups is 1. The molecule has 0 saturated carbocycles. The van der Waals surface area contributed by atoms with Gasteiger partial charge in [0.1, 0.15) is 0 Å². The smallest absolute Gasteiger partial charge is 0.166 e. The summed E-state index contributed by atoms with van der Waals surface area (Å²) in [5.41, 5.74) is 7.05. The van der Waals surface area contributed by atoms with Crippen LogP contribution in [0.2, 0.25) is 0 Å². The summed E-state index contributed by atoms with van der Waals surface area (Å²) in [6.07, 6.45) is 0.687. The zero-order valence-electron chi connectivity index (χ0n) is 11.4. The molecule has 18 heavy (non-hydrogen) atoms. The van der Waals surface area contributed by atoms with E-state index in [-0.39, 0.29) is 11.7 Å². The number of carbonyl (C=O) groups excluding carboxylic acids is 1. The van der Waals surface area contributed by atoms with Gasteiger partial charge in [-0.25, -0.2) is 0 Å². The van der Waals surface area contributed by atoms with Gasteiger partial charge in [0, 0.05) is 11.5 Å². The molecule has 1 aromatic carbocycles. The maximum Gasteiger partial charge on any atom is 0.166 e. The molecule has 0 amide bonds. The second-order valence-electron chi connectivity index (χ2n) is 4.36. The van der Waals surface area contributed by atoms with Crippen molar-refractivity contribution in [3.05, 3.63) is 23.3 Å². The molecule has 100 valence electrons. The highest BCUT2D eigenvalue weighted by molar-refractivity contribution is 5.99. The Balaban J connectivity index is 3.13. The molecule has 4 nitrogen and oxygen atoms in total. The van der Waals surface area contributed by atoms with Gasteiger partial charge in [0.05, 0.1) is 14.2 Å². The summed E-state index contributed by atoms with van der Waals surface area (Å²) in [4.78, 5) is 12.3. The highest BCUT2D eigenvalue weighted by atomic mass is 16.5. The summed E-state index contributed by atoms with van der Waals surface area (Å²) in [6, 6.07) is 3.56. The quantitative estimate of drug-likeness (QED) is 0.787. The van der Waals surface area contributed by atoms with E-state index in [9.17, 15) is 4.79 Å². The van der Waals surface area contributed by atoms with Crippen molar-refractivity contribution in [2.75, 3.05) is 20.8 Å². The minimum atomic E-state index is -0.0770. The van der Waals surface area contributed by atoms with Gasteiger partial charge < -0.3 is 15.2 Å². The zero-order chi connectivity index (χ0) is 13.7. The van der Waals surface area contributed by atoms with E-state index in [0.717, 1.165) is 5.56 Å². The summed E-state index contributed by atoms with van der Waals surface area (Å²) in [5, 5.41) is 0. The first kappa shape index (κ1) is 14.5. The van der Waals surface area contributed by atoms with Crippen molar-refractivity contribution in [2.45, 2.75) is 20.3 Å². The van der Waals surface area contributed by atoms with Crippen LogP contribution in [0.3, 0.4) is 0 Å². The standard InChI is InChI=1S/C14H21NO3/c1-9(5-6-15)14(16)11-8-13(18-4)12(17-3)7-10(11)2/h7-9H,5-6,15H2,1-4H3. The molecule has 1 rings (SSSR count). The third-order valence-electron chi connectivity index (χ3n) is 3.04. The van der Waals surface area contributed by atoms with E-state index >= 15 is 0 Å². The van der Waals surface area contributed by atoms with Crippen molar-refractivity contribution < 1.29 is 14.3 Å². The molecule has 0 spiro atoms. The van der Waals surface area contributed by atoms with E-state index in [1.54, 1.807) is 20.3 Å². The largest absolute Gasteiger partial charge is 0.493 e. The average molecular weight is 251 g/mol. The molecule has 0 aliphatic heterocycles. The van der Waals surface area contributed by atoms with E-state index in [1.165, 1.54) is 0 Å². The Bertz CT molecular complexity index is 429. The van der Waals surface area contributed by atoms with Crippen LogP contribution in [0.4, 0.5) is 0 Å². The fourth-order valence-electron chi connectivity index (χ4n) is 1.89. The fourth-order valence-corrected chi connectivity index (χ4v) is 1.89. The van der Waals surface area contributed by atoms with Crippen molar-refractivity contribution in [3.8, 4) is 11.5 Å². The van der Waals surface area contributed by atoms with Crippen molar-refractivity contribution in [2.24, 2.45) is 11.7 Å². The van der Waals surface area contributed by atoms with E-state index < -0.39 is 0 Å². The number of hydrogen-bond acceptors (Lipinski definition) is 4. The van der Waals surface area contributed by atoms with Gasteiger partial charge >= 0.3 is 0 Å². The van der Waals surface area contributed by atoms with Gasteiger partial charge in [-0.1, -0.05) is 6.92 Å². The van der Waals surface area contributed by atoms with E-state index in [4.69, 9.17) is 15.2 Å². The van der Waals surface area contributed by atoms with Crippen LogP contribution >= 0.6 is 0 Å². The Morgan fingerprint density at radius 1 is 1.28 bits per heavy atom. The number of nitrogens with two attached hydrogens (primary N) is 1. The van der Waals surface area contributed by atoms with Crippen LogP contribution in [0.5, 0.6) is 11.5 Å². The Kier molecular flexibility index (Phi) is 5.16. The van der Waals surface area contributed by atoms with Crippen LogP contribution in [-0.4, -0.2) is 26.5 Å². The number of Topliss-reactive ketones (excluding diaryl/α,β-unsaturated/α-hetero) is 1. The lowest BCUT2D eigenvalue weighted by molar-refractivity contribution is 0.0924. The Labute approximate surface area is 108 Å². The maximum atomic E-state index is 12.3. The number of ketones is 1. The normalized spacial score (nSPS) is 12.1. The molecule has 1 aromatic rings. The number of methoxy groups -OCH3 is 2. The van der Waals surface area contributed by atoms with Gasteiger partial charge in [-0.2, -0.15) is 0 Å². The molecular weight excluding hydrogens is 230 g/mol. The van der Waals surface area contributed by atoms with Crippen LogP contribution in [-0.2, 0) is 0 Å². The van der Waals surface area contributed by atoms with Crippen LogP contribution in [0.1, 0.15) is 29.3 Å². The van der Waals surface area contributed by atoms with Crippen molar-refractivity contribution in [1.82, 2.24) is 0 Å². The monoisotopic (exact) mass is 251 g/mol. The van der Waals surface area contributed by atoms with E-state index in [2.05, 4.69) is 0 Å². The molecule has 0 heterocycles. The van der Waals surface area contributed by atoms with Gasteiger partial charge in [-0.3, -0.25) is 4.79 Å². The van der Waals surface area contributed by atoms with Crippen LogP contribution in [0.25, 0.3) is 0 Å². The van der Waals surface area contributed by atoms with Crippen LogP contribution < -0.4 is 15.2 Å². The molecular formula is C14H21NO3. The highest BCUT2D eigenvalue weighted by Crippen LogP contribution is 2.31. The molecule has 0 aliphatic rings. The minimum absolute atomic E-state index is 0.0770. The molecule has 0 aliphatic carbocycles. The molecule has 4 heteroatoms. The predicted octanol–water partition coefficient (Wildman–Crippen LogP) is 2.18. The first-order valence-electron chi connectivity index (χ1n) is 6.02. The molecule has 0 aromatic heterocycles. The Morgan fingerprint density at radius 3 is 2.33 bits per heavy atom. The third kappa shape index (κ3) is 3.01. The zero-order valence-corrected chi connectivity index (χ0v) is 11.4. The van der Waals surface area contributed by atoms with Gasteiger partial charge in [0.2, 0.25) is 0 Å². The van der Waals surface area contributed by atoms with Gasteiger partial charge in [-0.05, 0) is 37.6 Å². The maximum absolute atomic E-state index is 12.3. The average Bonchev–Trinajstić information content (AvgIpc) is 2.37. The molecule has 0 saturated heterocycles. The first-order chi connectivity index (χ1) is 8.54. The molecule has 0 radical (unpaired) electrons. The molecule has 1 unspecified atom stereocenters. The predicted molar refractivity (Wildman–Crippen MR) is 71.4 cm³/mol. The summed E-state index contributed by atoms with van der Waals surface area (Å²) in [5.74, 6) is 1.23. The number of hydrogen-bond donors (Lipinski definition) is 1. The molecule has 2 N–H and O–H groups in total. The van der Waals surface area contributed by atoms with Crippen LogP contribution in [0.15, 0.2) is 12.1 Å². The number of benzene rings is 1. The third-order valence-corrected chi connectivity index (χ3v) is 3.04. The van der Waals surface area contributed by atoms with Gasteiger partial charge in [0.15, 0.2) is 17.3 Å². The number of ether oxygens (including phenoxy) is 2. The molecule has 1 atom stereocenters. The van der Waals surface area contributed by atoms with Crippen LogP contribution in [0, 0.1) is 12.8 Å². The molecule has 0 fully saturated rings. The topological polar surface area (TPSA) is 61.5 Å². The fraction of sp³-hybridized carbons (Fsp3) is 0.500.